The van der Waals surface area contributed by atoms with E-state index in [4.69, 9.17) is 10.5 Å². The predicted molar refractivity (Wildman–Crippen MR) is 47.6 cm³/mol. The molecule has 0 aromatic heterocycles. The quantitative estimate of drug-likeness (QED) is 0.589. The van der Waals surface area contributed by atoms with Crippen molar-refractivity contribution in [2.45, 2.75) is 31.8 Å². The maximum Gasteiger partial charge on any atom is 0.0614 e. The minimum Gasteiger partial charge on any atom is -0.383 e. The fourth-order valence-corrected chi connectivity index (χ4v) is 1.14. The van der Waals surface area contributed by atoms with E-state index in [1.807, 2.05) is 7.05 Å². The van der Waals surface area contributed by atoms with Crippen molar-refractivity contribution in [3.8, 4) is 0 Å². The lowest BCUT2D eigenvalue weighted by molar-refractivity contribution is 0.172. The molecule has 0 radical (unpaired) electrons. The van der Waals surface area contributed by atoms with Gasteiger partial charge in [0, 0.05) is 19.2 Å². The standard InChI is InChI=1S/C8H20N2O/c1-4-8(10-2)5-7(9)6-11-3/h7-8,10H,4-6,9H2,1-3H3/t7-,8+/m0/s1. The van der Waals surface area contributed by atoms with Crippen LogP contribution in [0.15, 0.2) is 0 Å². The van der Waals surface area contributed by atoms with Crippen molar-refractivity contribution in [3.63, 3.8) is 0 Å². The summed E-state index contributed by atoms with van der Waals surface area (Å²) < 4.78 is 4.94. The van der Waals surface area contributed by atoms with Crippen molar-refractivity contribution in [2.24, 2.45) is 5.73 Å². The topological polar surface area (TPSA) is 47.3 Å². The van der Waals surface area contributed by atoms with Gasteiger partial charge in [-0.3, -0.25) is 0 Å². The first-order valence-electron chi connectivity index (χ1n) is 4.16. The molecule has 3 heteroatoms. The van der Waals surface area contributed by atoms with Crippen molar-refractivity contribution in [3.05, 3.63) is 0 Å². The smallest absolute Gasteiger partial charge is 0.0614 e. The normalized spacial score (nSPS) is 16.4. The highest BCUT2D eigenvalue weighted by molar-refractivity contribution is 4.70. The average Bonchev–Trinajstić information content (AvgIpc) is 2.01. The van der Waals surface area contributed by atoms with Crippen LogP contribution in [0.2, 0.25) is 0 Å². The number of nitrogens with two attached hydrogens (primary N) is 1. The molecule has 11 heavy (non-hydrogen) atoms. The van der Waals surface area contributed by atoms with Crippen LogP contribution in [0.3, 0.4) is 0 Å². The fraction of sp³-hybridized carbons (Fsp3) is 1.00. The first-order chi connectivity index (χ1) is 5.24. The fourth-order valence-electron chi connectivity index (χ4n) is 1.14. The molecule has 0 spiro atoms. The Morgan fingerprint density at radius 1 is 1.55 bits per heavy atom. The maximum atomic E-state index is 5.77. The molecule has 0 aliphatic heterocycles. The van der Waals surface area contributed by atoms with E-state index in [2.05, 4.69) is 12.2 Å². The van der Waals surface area contributed by atoms with Crippen molar-refractivity contribution < 1.29 is 4.74 Å². The zero-order valence-electron chi connectivity index (χ0n) is 7.76. The van der Waals surface area contributed by atoms with Gasteiger partial charge in [-0.2, -0.15) is 0 Å². The van der Waals surface area contributed by atoms with E-state index < -0.39 is 0 Å². The van der Waals surface area contributed by atoms with Gasteiger partial charge in [0.25, 0.3) is 0 Å². The third kappa shape index (κ3) is 5.18. The van der Waals surface area contributed by atoms with E-state index in [0.29, 0.717) is 12.6 Å². The maximum absolute atomic E-state index is 5.77. The van der Waals surface area contributed by atoms with E-state index in [9.17, 15) is 0 Å². The van der Waals surface area contributed by atoms with E-state index in [1.54, 1.807) is 7.11 Å². The predicted octanol–water partition coefficient (Wildman–Crippen LogP) is 0.348. The number of ether oxygens (including phenoxy) is 1. The highest BCUT2D eigenvalue weighted by Gasteiger charge is 2.08. The summed E-state index contributed by atoms with van der Waals surface area (Å²) in [5, 5.41) is 3.21. The van der Waals surface area contributed by atoms with Gasteiger partial charge < -0.3 is 15.8 Å². The molecule has 2 atom stereocenters. The molecular weight excluding hydrogens is 140 g/mol. The van der Waals surface area contributed by atoms with Gasteiger partial charge >= 0.3 is 0 Å². The summed E-state index contributed by atoms with van der Waals surface area (Å²) in [4.78, 5) is 0. The number of methoxy groups -OCH3 is 1. The van der Waals surface area contributed by atoms with Crippen molar-refractivity contribution in [2.75, 3.05) is 20.8 Å². The van der Waals surface area contributed by atoms with Crippen LogP contribution in [0, 0.1) is 0 Å². The summed E-state index contributed by atoms with van der Waals surface area (Å²) in [5.41, 5.74) is 5.77. The second kappa shape index (κ2) is 6.58. The molecule has 0 amide bonds. The molecule has 0 rings (SSSR count). The first-order valence-corrected chi connectivity index (χ1v) is 4.16. The molecule has 0 aliphatic rings. The number of rotatable bonds is 6. The Kier molecular flexibility index (Phi) is 6.51. The van der Waals surface area contributed by atoms with Gasteiger partial charge in [-0.1, -0.05) is 6.92 Å². The Morgan fingerprint density at radius 3 is 2.55 bits per heavy atom. The molecular formula is C8H20N2O. The lowest BCUT2D eigenvalue weighted by atomic mass is 10.1. The molecule has 0 aliphatic carbocycles. The highest BCUT2D eigenvalue weighted by Crippen LogP contribution is 1.99. The van der Waals surface area contributed by atoms with Crippen LogP contribution in [0.4, 0.5) is 0 Å². The Labute approximate surface area is 69.3 Å². The zero-order chi connectivity index (χ0) is 8.69. The molecule has 0 fully saturated rings. The van der Waals surface area contributed by atoms with E-state index in [0.717, 1.165) is 12.8 Å². The molecule has 0 saturated carbocycles. The third-order valence-electron chi connectivity index (χ3n) is 1.87. The van der Waals surface area contributed by atoms with Crippen molar-refractivity contribution >= 4 is 0 Å². The van der Waals surface area contributed by atoms with Crippen LogP contribution in [-0.2, 0) is 4.74 Å². The van der Waals surface area contributed by atoms with Crippen LogP contribution in [0.25, 0.3) is 0 Å². The van der Waals surface area contributed by atoms with Crippen LogP contribution < -0.4 is 11.1 Å². The van der Waals surface area contributed by atoms with Crippen LogP contribution in [0.5, 0.6) is 0 Å². The zero-order valence-corrected chi connectivity index (χ0v) is 7.76. The van der Waals surface area contributed by atoms with E-state index in [-0.39, 0.29) is 6.04 Å². The van der Waals surface area contributed by atoms with E-state index in [1.165, 1.54) is 0 Å². The largest absolute Gasteiger partial charge is 0.383 e. The number of nitrogens with one attached hydrogen (secondary N) is 1. The molecule has 0 aromatic carbocycles. The lowest BCUT2D eigenvalue weighted by Gasteiger charge is -2.18. The Morgan fingerprint density at radius 2 is 2.18 bits per heavy atom. The monoisotopic (exact) mass is 160 g/mol. The van der Waals surface area contributed by atoms with Crippen molar-refractivity contribution in [1.29, 1.82) is 0 Å². The highest BCUT2D eigenvalue weighted by atomic mass is 16.5. The minimum absolute atomic E-state index is 0.164. The van der Waals surface area contributed by atoms with Gasteiger partial charge in [-0.25, -0.2) is 0 Å². The molecule has 3 N–H and O–H groups in total. The molecule has 3 nitrogen and oxygen atoms in total. The molecule has 68 valence electrons. The molecule has 0 bridgehead atoms. The summed E-state index contributed by atoms with van der Waals surface area (Å²) in [7, 11) is 3.65. The summed E-state index contributed by atoms with van der Waals surface area (Å²) in [5.74, 6) is 0. The molecule has 0 aromatic rings. The van der Waals surface area contributed by atoms with Crippen LogP contribution in [-0.4, -0.2) is 32.8 Å². The van der Waals surface area contributed by atoms with Gasteiger partial charge in [-0.05, 0) is 19.9 Å². The van der Waals surface area contributed by atoms with Gasteiger partial charge in [0.15, 0.2) is 0 Å². The summed E-state index contributed by atoms with van der Waals surface area (Å²) in [6.45, 7) is 2.80. The Hall–Kier alpha value is -0.120. The molecule has 0 heterocycles. The van der Waals surface area contributed by atoms with Crippen LogP contribution in [0.1, 0.15) is 19.8 Å². The summed E-state index contributed by atoms with van der Waals surface area (Å²) >= 11 is 0. The summed E-state index contributed by atoms with van der Waals surface area (Å²) in [6.07, 6.45) is 2.11. The molecule has 0 saturated heterocycles. The second-order valence-corrected chi connectivity index (χ2v) is 2.84. The number of hydrogen-bond donors (Lipinski definition) is 2. The minimum atomic E-state index is 0.164. The van der Waals surface area contributed by atoms with Crippen molar-refractivity contribution in [1.82, 2.24) is 5.32 Å². The van der Waals surface area contributed by atoms with Gasteiger partial charge in [0.05, 0.1) is 6.61 Å². The molecule has 0 unspecified atom stereocenters. The second-order valence-electron chi connectivity index (χ2n) is 2.84. The Bertz CT molecular complexity index is 84.2. The van der Waals surface area contributed by atoms with Crippen LogP contribution >= 0.6 is 0 Å². The first kappa shape index (κ1) is 10.9. The third-order valence-corrected chi connectivity index (χ3v) is 1.87. The Balaban J connectivity index is 3.44. The van der Waals surface area contributed by atoms with Gasteiger partial charge in [0.2, 0.25) is 0 Å². The number of hydrogen-bond acceptors (Lipinski definition) is 3. The summed E-state index contributed by atoms with van der Waals surface area (Å²) in [6, 6.07) is 0.692. The average molecular weight is 160 g/mol. The van der Waals surface area contributed by atoms with Gasteiger partial charge in [0.1, 0.15) is 0 Å². The lowest BCUT2D eigenvalue weighted by Crippen LogP contribution is -2.35. The van der Waals surface area contributed by atoms with E-state index >= 15 is 0 Å². The SMILES string of the molecule is CC[C@H](C[C@H](N)COC)NC. The van der Waals surface area contributed by atoms with Gasteiger partial charge in [-0.15, -0.1) is 0 Å².